The Morgan fingerprint density at radius 2 is 2.07 bits per heavy atom. The van der Waals surface area contributed by atoms with Crippen molar-refractivity contribution in [3.8, 4) is 0 Å². The van der Waals surface area contributed by atoms with Crippen LogP contribution in [0.15, 0.2) is 11.6 Å². The van der Waals surface area contributed by atoms with E-state index >= 15 is 0 Å². The van der Waals surface area contributed by atoms with E-state index in [1.54, 1.807) is 6.92 Å². The van der Waals surface area contributed by atoms with E-state index in [-0.39, 0.29) is 24.4 Å². The second-order valence-electron chi connectivity index (χ2n) is 3.78. The molecule has 0 saturated heterocycles. The molecule has 0 spiro atoms. The first-order chi connectivity index (χ1) is 6.91. The van der Waals surface area contributed by atoms with E-state index in [1.807, 2.05) is 13.8 Å². The first-order valence-electron chi connectivity index (χ1n) is 4.75. The molecule has 0 bridgehead atoms. The smallest absolute Gasteiger partial charge is 0.257 e. The summed E-state index contributed by atoms with van der Waals surface area (Å²) in [5.74, 6) is -1.13. The van der Waals surface area contributed by atoms with Crippen molar-refractivity contribution in [2.45, 2.75) is 26.8 Å². The minimum atomic E-state index is -0.420. The van der Waals surface area contributed by atoms with Crippen LogP contribution in [-0.4, -0.2) is 35.2 Å². The van der Waals surface area contributed by atoms with Gasteiger partial charge < -0.3 is 5.32 Å². The normalized spacial score (nSPS) is 16.0. The van der Waals surface area contributed by atoms with Gasteiger partial charge in [0, 0.05) is 17.7 Å². The van der Waals surface area contributed by atoms with Gasteiger partial charge in [0.1, 0.15) is 6.54 Å². The molecule has 0 fully saturated rings. The number of amides is 3. The third-order valence-electron chi connectivity index (χ3n) is 1.94. The van der Waals surface area contributed by atoms with Crippen LogP contribution in [0.4, 0.5) is 0 Å². The third-order valence-corrected chi connectivity index (χ3v) is 1.94. The Bertz CT molecular complexity index is 345. The Morgan fingerprint density at radius 1 is 1.47 bits per heavy atom. The van der Waals surface area contributed by atoms with Crippen molar-refractivity contribution in [3.05, 3.63) is 11.6 Å². The van der Waals surface area contributed by atoms with Crippen molar-refractivity contribution >= 4 is 17.7 Å². The van der Waals surface area contributed by atoms with Crippen LogP contribution in [-0.2, 0) is 14.4 Å². The van der Waals surface area contributed by atoms with Gasteiger partial charge in [-0.15, -0.1) is 0 Å². The Morgan fingerprint density at radius 3 is 2.47 bits per heavy atom. The van der Waals surface area contributed by atoms with Gasteiger partial charge in [0.25, 0.3) is 11.8 Å². The van der Waals surface area contributed by atoms with E-state index in [0.29, 0.717) is 5.57 Å². The summed E-state index contributed by atoms with van der Waals surface area (Å²) < 4.78 is 0. The number of carbonyl (C=O) groups excluding carboxylic acids is 3. The largest absolute Gasteiger partial charge is 0.352 e. The molecule has 0 aromatic carbocycles. The molecule has 1 rings (SSSR count). The standard InChI is InChI=1S/C10H14N2O3/c1-6(2)11-8(13)5-12-9(14)4-7(3)10(12)15/h4,6H,5H2,1-3H3,(H,11,13). The number of hydrogen-bond acceptors (Lipinski definition) is 3. The van der Waals surface area contributed by atoms with Crippen LogP contribution in [0.1, 0.15) is 20.8 Å². The van der Waals surface area contributed by atoms with Crippen LogP contribution in [0.5, 0.6) is 0 Å². The zero-order valence-corrected chi connectivity index (χ0v) is 9.03. The SMILES string of the molecule is CC1=CC(=O)N(CC(=O)NC(C)C)C1=O. The van der Waals surface area contributed by atoms with Crippen molar-refractivity contribution in [2.75, 3.05) is 6.54 Å². The average Bonchev–Trinajstić information content (AvgIpc) is 2.31. The molecule has 1 heterocycles. The lowest BCUT2D eigenvalue weighted by Gasteiger charge is -2.15. The molecule has 0 aromatic rings. The van der Waals surface area contributed by atoms with E-state index in [1.165, 1.54) is 6.08 Å². The van der Waals surface area contributed by atoms with Crippen LogP contribution < -0.4 is 5.32 Å². The van der Waals surface area contributed by atoms with Gasteiger partial charge in [0.2, 0.25) is 5.91 Å². The number of nitrogens with one attached hydrogen (secondary N) is 1. The zero-order chi connectivity index (χ0) is 11.6. The van der Waals surface area contributed by atoms with E-state index in [2.05, 4.69) is 5.32 Å². The molecule has 0 atom stereocenters. The maximum absolute atomic E-state index is 11.4. The molecule has 0 saturated carbocycles. The molecule has 0 aromatic heterocycles. The van der Waals surface area contributed by atoms with Gasteiger partial charge in [0.15, 0.2) is 0 Å². The van der Waals surface area contributed by atoms with Crippen molar-refractivity contribution < 1.29 is 14.4 Å². The predicted molar refractivity (Wildman–Crippen MR) is 53.8 cm³/mol. The lowest BCUT2D eigenvalue weighted by molar-refractivity contribution is -0.141. The average molecular weight is 210 g/mol. The topological polar surface area (TPSA) is 66.5 Å². The summed E-state index contributed by atoms with van der Waals surface area (Å²) in [6.07, 6.45) is 1.24. The number of rotatable bonds is 3. The summed E-state index contributed by atoms with van der Waals surface area (Å²) in [5.41, 5.74) is 0.373. The molecule has 0 unspecified atom stereocenters. The minimum absolute atomic E-state index is 0.000590. The van der Waals surface area contributed by atoms with Crippen LogP contribution in [0.25, 0.3) is 0 Å². The molecule has 1 N–H and O–H groups in total. The summed E-state index contributed by atoms with van der Waals surface area (Å²) in [4.78, 5) is 34.9. The van der Waals surface area contributed by atoms with Gasteiger partial charge in [0.05, 0.1) is 0 Å². The Balaban J connectivity index is 2.58. The summed E-state index contributed by atoms with van der Waals surface area (Å²) >= 11 is 0. The van der Waals surface area contributed by atoms with Crippen molar-refractivity contribution in [1.82, 2.24) is 10.2 Å². The first kappa shape index (κ1) is 11.4. The molecule has 5 heteroatoms. The highest BCUT2D eigenvalue weighted by Gasteiger charge is 2.29. The predicted octanol–water partition coefficient (Wildman–Crippen LogP) is -0.174. The quantitative estimate of drug-likeness (QED) is 0.657. The number of imide groups is 1. The van der Waals surface area contributed by atoms with Crippen molar-refractivity contribution in [2.24, 2.45) is 0 Å². The summed E-state index contributed by atoms with van der Waals surface area (Å²) in [6.45, 7) is 4.98. The van der Waals surface area contributed by atoms with Gasteiger partial charge in [-0.05, 0) is 20.8 Å². The lowest BCUT2D eigenvalue weighted by atomic mass is 10.3. The van der Waals surface area contributed by atoms with Gasteiger partial charge >= 0.3 is 0 Å². The van der Waals surface area contributed by atoms with Crippen LogP contribution in [0.2, 0.25) is 0 Å². The number of nitrogens with zero attached hydrogens (tertiary/aromatic N) is 1. The van der Waals surface area contributed by atoms with E-state index in [9.17, 15) is 14.4 Å². The monoisotopic (exact) mass is 210 g/mol. The summed E-state index contributed by atoms with van der Waals surface area (Å²) in [6, 6.07) is -0.000590. The Kier molecular flexibility index (Phi) is 3.24. The summed E-state index contributed by atoms with van der Waals surface area (Å²) in [7, 11) is 0. The first-order valence-corrected chi connectivity index (χ1v) is 4.75. The maximum Gasteiger partial charge on any atom is 0.257 e. The summed E-state index contributed by atoms with van der Waals surface area (Å²) in [5, 5.41) is 2.62. The van der Waals surface area contributed by atoms with Crippen LogP contribution in [0.3, 0.4) is 0 Å². The van der Waals surface area contributed by atoms with E-state index < -0.39 is 5.91 Å². The Hall–Kier alpha value is -1.65. The molecular formula is C10H14N2O3. The molecular weight excluding hydrogens is 196 g/mol. The second kappa shape index (κ2) is 4.25. The highest BCUT2D eigenvalue weighted by atomic mass is 16.2. The highest BCUT2D eigenvalue weighted by molar-refractivity contribution is 6.17. The third kappa shape index (κ3) is 2.65. The fourth-order valence-electron chi connectivity index (χ4n) is 1.30. The molecule has 1 aliphatic heterocycles. The zero-order valence-electron chi connectivity index (χ0n) is 9.03. The molecule has 15 heavy (non-hydrogen) atoms. The van der Waals surface area contributed by atoms with Gasteiger partial charge in [-0.1, -0.05) is 0 Å². The molecule has 82 valence electrons. The fourth-order valence-corrected chi connectivity index (χ4v) is 1.30. The van der Waals surface area contributed by atoms with Gasteiger partial charge in [-0.25, -0.2) is 0 Å². The van der Waals surface area contributed by atoms with E-state index in [4.69, 9.17) is 0 Å². The molecule has 0 aliphatic carbocycles. The number of hydrogen-bond donors (Lipinski definition) is 1. The van der Waals surface area contributed by atoms with Crippen molar-refractivity contribution in [3.63, 3.8) is 0 Å². The number of carbonyl (C=O) groups is 3. The lowest BCUT2D eigenvalue weighted by Crippen LogP contribution is -2.42. The maximum atomic E-state index is 11.4. The van der Waals surface area contributed by atoms with Gasteiger partial charge in [-0.2, -0.15) is 0 Å². The Labute approximate surface area is 88.1 Å². The molecule has 0 radical (unpaired) electrons. The van der Waals surface area contributed by atoms with E-state index in [0.717, 1.165) is 4.90 Å². The van der Waals surface area contributed by atoms with Gasteiger partial charge in [-0.3, -0.25) is 19.3 Å². The second-order valence-corrected chi connectivity index (χ2v) is 3.78. The molecule has 1 aliphatic rings. The van der Waals surface area contributed by atoms with Crippen LogP contribution in [0, 0.1) is 0 Å². The fraction of sp³-hybridized carbons (Fsp3) is 0.500. The molecule has 5 nitrogen and oxygen atoms in total. The minimum Gasteiger partial charge on any atom is -0.352 e. The van der Waals surface area contributed by atoms with Crippen LogP contribution >= 0.6 is 0 Å². The highest BCUT2D eigenvalue weighted by Crippen LogP contribution is 2.10. The van der Waals surface area contributed by atoms with Crippen molar-refractivity contribution in [1.29, 1.82) is 0 Å². The molecule has 3 amide bonds.